The largest absolute Gasteiger partial charge is 0.490 e. The lowest BCUT2D eigenvalue weighted by Crippen LogP contribution is -2.04. The highest BCUT2D eigenvalue weighted by atomic mass is 35.5. The SMILES string of the molecule is C/C(CC(C)C)=N\OCCCOc1c(Cl)cc(OCC=C(Cl)Cl)cc1Cl. The summed E-state index contributed by atoms with van der Waals surface area (Å²) in [5.41, 5.74) is 0.980. The number of hydrogen-bond donors (Lipinski definition) is 0. The van der Waals surface area contributed by atoms with Crippen LogP contribution in [0.2, 0.25) is 10.0 Å². The van der Waals surface area contributed by atoms with E-state index >= 15 is 0 Å². The summed E-state index contributed by atoms with van der Waals surface area (Å²) in [4.78, 5) is 5.27. The van der Waals surface area contributed by atoms with E-state index in [9.17, 15) is 0 Å². The maximum Gasteiger partial charge on any atom is 0.156 e. The monoisotopic (exact) mass is 441 g/mol. The molecule has 8 heteroatoms. The zero-order valence-electron chi connectivity index (χ0n) is 15.0. The van der Waals surface area contributed by atoms with E-state index in [1.165, 1.54) is 6.08 Å². The molecule has 4 nitrogen and oxygen atoms in total. The van der Waals surface area contributed by atoms with Gasteiger partial charge in [0.1, 0.15) is 23.5 Å². The van der Waals surface area contributed by atoms with Crippen LogP contribution in [0.1, 0.15) is 33.6 Å². The minimum absolute atomic E-state index is 0.133. The molecule has 0 amide bonds. The number of hydrogen-bond acceptors (Lipinski definition) is 4. The van der Waals surface area contributed by atoms with Crippen molar-refractivity contribution in [1.29, 1.82) is 0 Å². The molecule has 0 fully saturated rings. The first kappa shape index (κ1) is 23.2. The second kappa shape index (κ2) is 12.6. The van der Waals surface area contributed by atoms with Crippen LogP contribution in [0.4, 0.5) is 0 Å². The van der Waals surface area contributed by atoms with E-state index in [1.54, 1.807) is 12.1 Å². The molecule has 0 radical (unpaired) electrons. The molecule has 0 aromatic heterocycles. The van der Waals surface area contributed by atoms with Gasteiger partial charge in [-0.25, -0.2) is 0 Å². The van der Waals surface area contributed by atoms with Gasteiger partial charge in [0.15, 0.2) is 5.75 Å². The van der Waals surface area contributed by atoms with Crippen molar-refractivity contribution in [3.8, 4) is 11.5 Å². The van der Waals surface area contributed by atoms with Gasteiger partial charge in [0.25, 0.3) is 0 Å². The van der Waals surface area contributed by atoms with Gasteiger partial charge in [-0.05, 0) is 25.3 Å². The number of halogens is 4. The first-order valence-electron chi connectivity index (χ1n) is 8.20. The first-order chi connectivity index (χ1) is 12.3. The van der Waals surface area contributed by atoms with Gasteiger partial charge in [-0.1, -0.05) is 65.4 Å². The third kappa shape index (κ3) is 9.77. The predicted octanol–water partition coefficient (Wildman–Crippen LogP) is 6.90. The van der Waals surface area contributed by atoms with Crippen LogP contribution in [0.15, 0.2) is 27.9 Å². The summed E-state index contributed by atoms with van der Waals surface area (Å²) in [5, 5.41) is 4.79. The molecule has 0 bridgehead atoms. The van der Waals surface area contributed by atoms with Gasteiger partial charge in [-0.2, -0.15) is 0 Å². The van der Waals surface area contributed by atoms with E-state index in [1.807, 2.05) is 6.92 Å². The molecule has 0 aliphatic carbocycles. The van der Waals surface area contributed by atoms with Crippen molar-refractivity contribution in [2.75, 3.05) is 19.8 Å². The molecule has 146 valence electrons. The standard InChI is InChI=1S/C18H23Cl4NO3/c1-12(2)9-13(3)23-26-7-4-6-25-18-15(19)10-14(11-16(18)20)24-8-5-17(21)22/h5,10-12H,4,6-9H2,1-3H3/b23-13+. The van der Waals surface area contributed by atoms with Gasteiger partial charge >= 0.3 is 0 Å². The fourth-order valence-electron chi connectivity index (χ4n) is 2.04. The van der Waals surface area contributed by atoms with Crippen LogP contribution in [0.25, 0.3) is 0 Å². The zero-order chi connectivity index (χ0) is 19.5. The lowest BCUT2D eigenvalue weighted by molar-refractivity contribution is 0.127. The van der Waals surface area contributed by atoms with Gasteiger partial charge in [0.2, 0.25) is 0 Å². The molecule has 0 aliphatic heterocycles. The molecule has 0 heterocycles. The second-order valence-corrected chi connectivity index (χ2v) is 7.80. The Morgan fingerprint density at radius 3 is 2.35 bits per heavy atom. The molecule has 1 rings (SSSR count). The maximum atomic E-state index is 6.20. The van der Waals surface area contributed by atoms with Gasteiger partial charge in [0, 0.05) is 18.6 Å². The average Bonchev–Trinajstić information content (AvgIpc) is 2.51. The van der Waals surface area contributed by atoms with Crippen molar-refractivity contribution in [3.05, 3.63) is 32.7 Å². The Hall–Kier alpha value is -0.810. The summed E-state index contributed by atoms with van der Waals surface area (Å²) in [5.74, 6) is 1.47. The van der Waals surface area contributed by atoms with Crippen LogP contribution in [-0.2, 0) is 4.84 Å². The Bertz CT molecular complexity index is 606. The fourth-order valence-corrected chi connectivity index (χ4v) is 2.74. The number of nitrogens with zero attached hydrogens (tertiary/aromatic N) is 1. The molecule has 0 spiro atoms. The Morgan fingerprint density at radius 1 is 1.12 bits per heavy atom. The van der Waals surface area contributed by atoms with E-state index in [0.29, 0.717) is 47.1 Å². The fraction of sp³-hybridized carbons (Fsp3) is 0.500. The minimum atomic E-state index is 0.133. The predicted molar refractivity (Wildman–Crippen MR) is 110 cm³/mol. The van der Waals surface area contributed by atoms with Gasteiger partial charge in [-0.15, -0.1) is 0 Å². The summed E-state index contributed by atoms with van der Waals surface area (Å²) in [6.45, 7) is 7.31. The Labute approximate surface area is 175 Å². The second-order valence-electron chi connectivity index (χ2n) is 5.98. The Balaban J connectivity index is 2.42. The lowest BCUT2D eigenvalue weighted by Gasteiger charge is -2.12. The normalized spacial score (nSPS) is 11.5. The Kier molecular flexibility index (Phi) is 11.2. The van der Waals surface area contributed by atoms with Crippen LogP contribution in [0.5, 0.6) is 11.5 Å². The van der Waals surface area contributed by atoms with Crippen LogP contribution in [-0.4, -0.2) is 25.5 Å². The maximum absolute atomic E-state index is 6.20. The summed E-state index contributed by atoms with van der Waals surface area (Å²) < 4.78 is 11.2. The molecule has 1 aromatic carbocycles. The van der Waals surface area contributed by atoms with Crippen LogP contribution in [0, 0.1) is 5.92 Å². The average molecular weight is 443 g/mol. The Morgan fingerprint density at radius 2 is 1.77 bits per heavy atom. The van der Waals surface area contributed by atoms with Crippen molar-refractivity contribution in [2.45, 2.75) is 33.6 Å². The molecule has 0 unspecified atom stereocenters. The number of benzene rings is 1. The van der Waals surface area contributed by atoms with Crippen LogP contribution in [0.3, 0.4) is 0 Å². The lowest BCUT2D eigenvalue weighted by atomic mass is 10.1. The molecule has 0 saturated carbocycles. The van der Waals surface area contributed by atoms with Crippen molar-refractivity contribution in [3.63, 3.8) is 0 Å². The topological polar surface area (TPSA) is 40.0 Å². The van der Waals surface area contributed by atoms with Crippen LogP contribution < -0.4 is 9.47 Å². The highest BCUT2D eigenvalue weighted by molar-refractivity contribution is 6.55. The molecular weight excluding hydrogens is 420 g/mol. The van der Waals surface area contributed by atoms with Gasteiger partial charge in [0.05, 0.1) is 22.4 Å². The van der Waals surface area contributed by atoms with E-state index < -0.39 is 0 Å². The van der Waals surface area contributed by atoms with E-state index in [2.05, 4.69) is 19.0 Å². The third-order valence-electron chi connectivity index (χ3n) is 3.01. The number of oxime groups is 1. The molecule has 26 heavy (non-hydrogen) atoms. The molecule has 0 saturated heterocycles. The molecule has 1 aromatic rings. The highest BCUT2D eigenvalue weighted by Crippen LogP contribution is 2.37. The molecular formula is C18H23Cl4NO3. The van der Waals surface area contributed by atoms with Gasteiger partial charge < -0.3 is 14.3 Å². The molecule has 0 N–H and O–H groups in total. The zero-order valence-corrected chi connectivity index (χ0v) is 18.1. The third-order valence-corrected chi connectivity index (χ3v) is 3.88. The van der Waals surface area contributed by atoms with Crippen molar-refractivity contribution in [2.24, 2.45) is 11.1 Å². The summed E-state index contributed by atoms with van der Waals surface area (Å²) >= 11 is 23.4. The highest BCUT2D eigenvalue weighted by Gasteiger charge is 2.10. The van der Waals surface area contributed by atoms with Crippen molar-refractivity contribution >= 4 is 52.1 Å². The quantitative estimate of drug-likeness (QED) is 0.212. The van der Waals surface area contributed by atoms with Crippen molar-refractivity contribution < 1.29 is 14.3 Å². The summed E-state index contributed by atoms with van der Waals surface area (Å²) in [6, 6.07) is 3.24. The molecule has 0 aliphatic rings. The smallest absolute Gasteiger partial charge is 0.156 e. The number of ether oxygens (including phenoxy) is 2. The van der Waals surface area contributed by atoms with Crippen molar-refractivity contribution in [1.82, 2.24) is 0 Å². The van der Waals surface area contributed by atoms with Crippen LogP contribution >= 0.6 is 46.4 Å². The van der Waals surface area contributed by atoms with Gasteiger partial charge in [-0.3, -0.25) is 0 Å². The minimum Gasteiger partial charge on any atom is -0.490 e. The first-order valence-corrected chi connectivity index (χ1v) is 9.72. The molecule has 0 atom stereocenters. The summed E-state index contributed by atoms with van der Waals surface area (Å²) in [7, 11) is 0. The van der Waals surface area contributed by atoms with E-state index in [4.69, 9.17) is 60.7 Å². The summed E-state index contributed by atoms with van der Waals surface area (Å²) in [6.07, 6.45) is 3.09. The van der Waals surface area contributed by atoms with E-state index in [-0.39, 0.29) is 11.1 Å². The number of rotatable bonds is 11. The van der Waals surface area contributed by atoms with E-state index in [0.717, 1.165) is 12.1 Å².